The van der Waals surface area contributed by atoms with Gasteiger partial charge in [-0.05, 0) is 13.3 Å². The van der Waals surface area contributed by atoms with Crippen molar-refractivity contribution in [1.29, 1.82) is 0 Å². The molecule has 0 aliphatic rings. The van der Waals surface area contributed by atoms with Crippen LogP contribution in [0.2, 0.25) is 0 Å². The molecule has 0 aromatic carbocycles. The van der Waals surface area contributed by atoms with Crippen LogP contribution in [-0.2, 0) is 12.0 Å². The summed E-state index contributed by atoms with van der Waals surface area (Å²) in [4.78, 5) is 4.98. The third-order valence-corrected chi connectivity index (χ3v) is 2.78. The topological polar surface area (TPSA) is 17.8 Å². The van der Waals surface area contributed by atoms with Gasteiger partial charge in [0.05, 0.1) is 0 Å². The molecule has 1 atom stereocenters. The zero-order chi connectivity index (χ0) is 10.8. The van der Waals surface area contributed by atoms with E-state index < -0.39 is 0 Å². The normalized spacial score (nSPS) is 14.4. The molecule has 1 aromatic heterocycles. The maximum atomic E-state index is 4.45. The lowest BCUT2D eigenvalue weighted by Gasteiger charge is -2.26. The van der Waals surface area contributed by atoms with E-state index >= 15 is 0 Å². The molecule has 0 saturated carbocycles. The number of aryl methyl sites for hydroxylation is 1. The average Bonchev–Trinajstić information content (AvgIpc) is 2.48. The Bertz CT molecular complexity index is 289. The molecule has 1 rings (SSSR count). The van der Waals surface area contributed by atoms with Gasteiger partial charge in [0.15, 0.2) is 0 Å². The Morgan fingerprint density at radius 2 is 2.21 bits per heavy atom. The molecular formula is C11H19BrN2. The monoisotopic (exact) mass is 258 g/mol. The fraction of sp³-hybridized carbons (Fsp3) is 0.727. The number of hydrogen-bond acceptors (Lipinski definition) is 1. The summed E-state index contributed by atoms with van der Waals surface area (Å²) < 4.78 is 2.22. The van der Waals surface area contributed by atoms with Gasteiger partial charge in [0.1, 0.15) is 5.82 Å². The van der Waals surface area contributed by atoms with Gasteiger partial charge in [-0.1, -0.05) is 36.7 Å². The first-order chi connectivity index (χ1) is 6.47. The van der Waals surface area contributed by atoms with Gasteiger partial charge in [-0.15, -0.1) is 0 Å². The van der Waals surface area contributed by atoms with Gasteiger partial charge in [0.25, 0.3) is 0 Å². The Morgan fingerprint density at radius 3 is 2.71 bits per heavy atom. The van der Waals surface area contributed by atoms with Crippen molar-refractivity contribution in [1.82, 2.24) is 9.55 Å². The molecule has 3 heteroatoms. The van der Waals surface area contributed by atoms with E-state index in [1.54, 1.807) is 0 Å². The summed E-state index contributed by atoms with van der Waals surface area (Å²) in [6, 6.07) is 0. The van der Waals surface area contributed by atoms with E-state index in [1.807, 2.05) is 6.20 Å². The van der Waals surface area contributed by atoms with Crippen LogP contribution in [0.4, 0.5) is 0 Å². The highest BCUT2D eigenvalue weighted by Gasteiger charge is 2.26. The van der Waals surface area contributed by atoms with Crippen molar-refractivity contribution in [3.05, 3.63) is 18.2 Å². The Morgan fingerprint density at radius 1 is 1.57 bits per heavy atom. The molecule has 0 radical (unpaired) electrons. The molecule has 0 spiro atoms. The zero-order valence-corrected chi connectivity index (χ0v) is 11.0. The highest BCUT2D eigenvalue weighted by molar-refractivity contribution is 9.09. The number of nitrogens with zero attached hydrogens (tertiary/aromatic N) is 2. The van der Waals surface area contributed by atoms with E-state index in [2.05, 4.69) is 59.4 Å². The van der Waals surface area contributed by atoms with Gasteiger partial charge in [-0.2, -0.15) is 0 Å². The third-order valence-electron chi connectivity index (χ3n) is 2.45. The summed E-state index contributed by atoms with van der Waals surface area (Å²) in [6.07, 6.45) is 5.04. The van der Waals surface area contributed by atoms with Gasteiger partial charge in [0.2, 0.25) is 0 Å². The van der Waals surface area contributed by atoms with Crippen LogP contribution in [0.1, 0.15) is 39.9 Å². The number of rotatable bonds is 4. The smallest absolute Gasteiger partial charge is 0.114 e. The molecule has 0 N–H and O–H groups in total. The van der Waals surface area contributed by atoms with Gasteiger partial charge in [-0.25, -0.2) is 4.98 Å². The molecule has 0 saturated heterocycles. The summed E-state index contributed by atoms with van der Waals surface area (Å²) >= 11 is 3.61. The maximum absolute atomic E-state index is 4.45. The van der Waals surface area contributed by atoms with E-state index in [1.165, 1.54) is 5.82 Å². The van der Waals surface area contributed by atoms with Crippen LogP contribution in [0, 0.1) is 0 Å². The molecule has 1 aromatic rings. The number of imidazole rings is 1. The molecule has 2 nitrogen and oxygen atoms in total. The lowest BCUT2D eigenvalue weighted by molar-refractivity contribution is 0.430. The first kappa shape index (κ1) is 11.8. The summed E-state index contributed by atoms with van der Waals surface area (Å²) in [5.41, 5.74) is 0.141. The first-order valence-electron chi connectivity index (χ1n) is 5.13. The second kappa shape index (κ2) is 4.47. The molecule has 14 heavy (non-hydrogen) atoms. The number of hydrogen-bond donors (Lipinski definition) is 0. The van der Waals surface area contributed by atoms with Gasteiger partial charge >= 0.3 is 0 Å². The molecular weight excluding hydrogens is 240 g/mol. The Labute approximate surface area is 94.9 Å². The van der Waals surface area contributed by atoms with E-state index in [0.29, 0.717) is 4.83 Å². The highest BCUT2D eigenvalue weighted by atomic mass is 79.9. The lowest BCUT2D eigenvalue weighted by Crippen LogP contribution is -2.25. The van der Waals surface area contributed by atoms with E-state index in [0.717, 1.165) is 13.0 Å². The Balaban J connectivity index is 2.90. The Hall–Kier alpha value is -0.310. The van der Waals surface area contributed by atoms with E-state index in [-0.39, 0.29) is 5.41 Å². The van der Waals surface area contributed by atoms with Crippen molar-refractivity contribution in [3.63, 3.8) is 0 Å². The van der Waals surface area contributed by atoms with Crippen LogP contribution in [0.25, 0.3) is 0 Å². The summed E-state index contributed by atoms with van der Waals surface area (Å²) in [6.45, 7) is 9.83. The highest BCUT2D eigenvalue weighted by Crippen LogP contribution is 2.29. The van der Waals surface area contributed by atoms with Crippen LogP contribution >= 0.6 is 15.9 Å². The van der Waals surface area contributed by atoms with Crippen molar-refractivity contribution in [2.75, 3.05) is 0 Å². The SMILES string of the molecule is CCn1ccnc1C(C)(C)CC(C)Br. The van der Waals surface area contributed by atoms with Crippen molar-refractivity contribution >= 4 is 15.9 Å². The van der Waals surface area contributed by atoms with Gasteiger partial charge < -0.3 is 4.57 Å². The van der Waals surface area contributed by atoms with E-state index in [9.17, 15) is 0 Å². The first-order valence-corrected chi connectivity index (χ1v) is 6.04. The average molecular weight is 259 g/mol. The van der Waals surface area contributed by atoms with Crippen LogP contribution in [0.15, 0.2) is 12.4 Å². The second-order valence-electron chi connectivity index (χ2n) is 4.41. The number of halogens is 1. The minimum Gasteiger partial charge on any atom is -0.335 e. The predicted octanol–water partition coefficient (Wildman–Crippen LogP) is 3.35. The second-order valence-corrected chi connectivity index (χ2v) is 5.97. The van der Waals surface area contributed by atoms with Gasteiger partial charge in [0, 0.05) is 29.2 Å². The standard InChI is InChI=1S/C11H19BrN2/c1-5-14-7-6-13-10(14)11(3,4)8-9(2)12/h6-7,9H,5,8H2,1-4H3. The minimum atomic E-state index is 0.141. The molecule has 0 bridgehead atoms. The van der Waals surface area contributed by atoms with Crippen LogP contribution < -0.4 is 0 Å². The third kappa shape index (κ3) is 2.59. The fourth-order valence-corrected chi connectivity index (χ4v) is 2.75. The molecule has 0 amide bonds. The van der Waals surface area contributed by atoms with E-state index in [4.69, 9.17) is 0 Å². The summed E-state index contributed by atoms with van der Waals surface area (Å²) in [5, 5.41) is 0. The molecule has 0 aliphatic heterocycles. The fourth-order valence-electron chi connectivity index (χ4n) is 1.94. The minimum absolute atomic E-state index is 0.141. The van der Waals surface area contributed by atoms with Gasteiger partial charge in [-0.3, -0.25) is 0 Å². The number of alkyl halides is 1. The number of aromatic nitrogens is 2. The lowest BCUT2D eigenvalue weighted by atomic mass is 9.87. The summed E-state index contributed by atoms with van der Waals surface area (Å²) in [5.74, 6) is 1.19. The van der Waals surface area contributed by atoms with Crippen LogP contribution in [0.5, 0.6) is 0 Å². The van der Waals surface area contributed by atoms with Crippen molar-refractivity contribution in [3.8, 4) is 0 Å². The molecule has 80 valence electrons. The van der Waals surface area contributed by atoms with Crippen molar-refractivity contribution in [2.45, 2.75) is 50.9 Å². The zero-order valence-electron chi connectivity index (χ0n) is 9.42. The molecule has 1 heterocycles. The molecule has 1 unspecified atom stereocenters. The van der Waals surface area contributed by atoms with Crippen LogP contribution in [-0.4, -0.2) is 14.4 Å². The molecule has 0 fully saturated rings. The van der Waals surface area contributed by atoms with Crippen LogP contribution in [0.3, 0.4) is 0 Å². The largest absolute Gasteiger partial charge is 0.335 e. The summed E-state index contributed by atoms with van der Waals surface area (Å²) in [7, 11) is 0. The molecule has 0 aliphatic carbocycles. The quantitative estimate of drug-likeness (QED) is 0.758. The van der Waals surface area contributed by atoms with Crippen molar-refractivity contribution in [2.24, 2.45) is 0 Å². The Kier molecular flexibility index (Phi) is 3.76. The maximum Gasteiger partial charge on any atom is 0.114 e. The van der Waals surface area contributed by atoms with Crippen molar-refractivity contribution < 1.29 is 0 Å². The predicted molar refractivity (Wildman–Crippen MR) is 63.9 cm³/mol.